The number of Topliss-reactive ketones (excluding diaryl/α,β-unsaturated/α-hetero) is 1. The molecule has 1 heterocycles. The molecule has 4 rings (SSSR count). The van der Waals surface area contributed by atoms with Crippen LogP contribution in [0.3, 0.4) is 0 Å². The van der Waals surface area contributed by atoms with Crippen LogP contribution in [0.4, 0.5) is 0 Å². The molecule has 4 fully saturated rings. The molecule has 188 valence electrons. The van der Waals surface area contributed by atoms with Crippen LogP contribution >= 0.6 is 0 Å². The summed E-state index contributed by atoms with van der Waals surface area (Å²) in [5, 5.41) is 5.71. The van der Waals surface area contributed by atoms with Crippen molar-refractivity contribution in [3.63, 3.8) is 0 Å². The minimum Gasteiger partial charge on any atom is -0.363 e. The molecule has 4 aliphatic rings. The topological polar surface area (TPSA) is 139 Å². The number of ketones is 1. The smallest absolute Gasteiger partial charge is 0.287 e. The number of nitrogens with zero attached hydrogens (tertiary/aromatic N) is 1. The molecule has 34 heavy (non-hydrogen) atoms. The zero-order valence-corrected chi connectivity index (χ0v) is 20.6. The first-order valence-corrected chi connectivity index (χ1v) is 12.7. The van der Waals surface area contributed by atoms with Gasteiger partial charge in [0.1, 0.15) is 12.1 Å². The molecular formula is C25H38N4O5. The zero-order valence-electron chi connectivity index (χ0n) is 20.6. The van der Waals surface area contributed by atoms with Crippen molar-refractivity contribution in [2.75, 3.05) is 6.54 Å². The quantitative estimate of drug-likeness (QED) is 0.401. The summed E-state index contributed by atoms with van der Waals surface area (Å²) >= 11 is 0. The van der Waals surface area contributed by atoms with Gasteiger partial charge >= 0.3 is 0 Å². The summed E-state index contributed by atoms with van der Waals surface area (Å²) in [5.41, 5.74) is 5.15. The van der Waals surface area contributed by atoms with E-state index in [0.717, 1.165) is 32.1 Å². The highest BCUT2D eigenvalue weighted by molar-refractivity contribution is 6.37. The van der Waals surface area contributed by atoms with Crippen molar-refractivity contribution in [2.45, 2.75) is 84.3 Å². The van der Waals surface area contributed by atoms with E-state index in [2.05, 4.69) is 24.5 Å². The maximum absolute atomic E-state index is 13.7. The summed E-state index contributed by atoms with van der Waals surface area (Å²) in [7, 11) is 0. The third kappa shape index (κ3) is 4.58. The first kappa shape index (κ1) is 24.7. The molecule has 4 unspecified atom stereocenters. The Balaban J connectivity index is 1.54. The Labute approximate surface area is 200 Å². The van der Waals surface area contributed by atoms with Gasteiger partial charge < -0.3 is 21.3 Å². The Morgan fingerprint density at radius 3 is 2.18 bits per heavy atom. The van der Waals surface area contributed by atoms with Gasteiger partial charge in [0.2, 0.25) is 23.5 Å². The van der Waals surface area contributed by atoms with Gasteiger partial charge in [-0.3, -0.25) is 24.0 Å². The molecule has 4 N–H and O–H groups in total. The number of carbonyl (C=O) groups is 5. The maximum Gasteiger partial charge on any atom is 0.287 e. The number of piperidine rings is 1. The minimum absolute atomic E-state index is 0.0236. The predicted molar refractivity (Wildman–Crippen MR) is 124 cm³/mol. The van der Waals surface area contributed by atoms with Gasteiger partial charge in [-0.25, -0.2) is 0 Å². The molecule has 0 aromatic rings. The van der Waals surface area contributed by atoms with E-state index in [1.54, 1.807) is 18.7 Å². The maximum atomic E-state index is 13.7. The number of fused-ring (bicyclic) bond motifs is 1. The highest BCUT2D eigenvalue weighted by Gasteiger charge is 2.69. The molecular weight excluding hydrogens is 436 g/mol. The van der Waals surface area contributed by atoms with Crippen molar-refractivity contribution in [1.82, 2.24) is 15.5 Å². The Morgan fingerprint density at radius 1 is 1.03 bits per heavy atom. The number of nitrogens with two attached hydrogens (primary N) is 1. The second kappa shape index (κ2) is 8.96. The molecule has 0 spiro atoms. The van der Waals surface area contributed by atoms with Gasteiger partial charge in [0, 0.05) is 12.5 Å². The van der Waals surface area contributed by atoms with Crippen molar-refractivity contribution in [3.8, 4) is 0 Å². The minimum atomic E-state index is -1.06. The van der Waals surface area contributed by atoms with Gasteiger partial charge in [0.15, 0.2) is 0 Å². The Morgan fingerprint density at radius 2 is 1.68 bits per heavy atom. The number of rotatable bonds is 10. The highest BCUT2D eigenvalue weighted by atomic mass is 16.2. The number of amides is 4. The lowest BCUT2D eigenvalue weighted by Crippen LogP contribution is -2.60. The molecule has 0 aromatic carbocycles. The molecule has 0 bridgehead atoms. The van der Waals surface area contributed by atoms with E-state index in [1.807, 2.05) is 0 Å². The Kier molecular flexibility index (Phi) is 6.50. The molecule has 4 amide bonds. The average Bonchev–Trinajstić information content (AvgIpc) is 3.57. The van der Waals surface area contributed by atoms with Crippen molar-refractivity contribution >= 4 is 29.4 Å². The first-order valence-electron chi connectivity index (χ1n) is 12.7. The molecule has 3 aliphatic carbocycles. The van der Waals surface area contributed by atoms with Crippen molar-refractivity contribution in [2.24, 2.45) is 40.7 Å². The van der Waals surface area contributed by atoms with E-state index >= 15 is 0 Å². The van der Waals surface area contributed by atoms with Crippen LogP contribution in [0.1, 0.15) is 66.2 Å². The lowest BCUT2D eigenvalue weighted by Gasteiger charge is -2.39. The molecule has 1 saturated heterocycles. The van der Waals surface area contributed by atoms with Crippen LogP contribution in [-0.2, 0) is 24.0 Å². The fourth-order valence-electron chi connectivity index (χ4n) is 5.81. The normalized spacial score (nSPS) is 29.0. The van der Waals surface area contributed by atoms with Crippen LogP contribution in [-0.4, -0.2) is 59.0 Å². The van der Waals surface area contributed by atoms with Crippen molar-refractivity contribution in [3.05, 3.63) is 0 Å². The van der Waals surface area contributed by atoms with Gasteiger partial charge in [-0.15, -0.1) is 0 Å². The molecule has 1 aliphatic heterocycles. The van der Waals surface area contributed by atoms with Crippen LogP contribution in [0.25, 0.3) is 0 Å². The Bertz CT molecular complexity index is 892. The number of likely N-dealkylation sites (tertiary alicyclic amines) is 1. The molecule has 9 nitrogen and oxygen atoms in total. The van der Waals surface area contributed by atoms with E-state index in [-0.39, 0.29) is 40.9 Å². The largest absolute Gasteiger partial charge is 0.363 e. The summed E-state index contributed by atoms with van der Waals surface area (Å²) in [5.74, 6) is -2.37. The standard InChI is InChI=1S/C25H38N4O5/c1-12(2)22(32)28-18(14-6-5-7-14)24(34)29-11-15-17(25(15,3)4)19(29)23(33)27-16(10-13-8-9-13)20(30)21(26)31/h12-19H,5-11H2,1-4H3,(H2,26,31)(H,27,33)(H,28,32)/t15?,16?,17?,18-,19?/m0/s1. The van der Waals surface area contributed by atoms with Crippen LogP contribution in [0.5, 0.6) is 0 Å². The fourth-order valence-corrected chi connectivity index (χ4v) is 5.81. The summed E-state index contributed by atoms with van der Waals surface area (Å²) in [6.45, 7) is 8.20. The number of carbonyl (C=O) groups excluding carboxylic acids is 5. The lowest BCUT2D eigenvalue weighted by molar-refractivity contribution is -0.146. The number of hydrogen-bond donors (Lipinski definition) is 3. The van der Waals surface area contributed by atoms with Gasteiger partial charge in [-0.05, 0) is 48.3 Å². The number of nitrogens with one attached hydrogen (secondary N) is 2. The van der Waals surface area contributed by atoms with E-state index < -0.39 is 35.7 Å². The molecule has 9 heteroatoms. The van der Waals surface area contributed by atoms with Crippen LogP contribution in [0.15, 0.2) is 0 Å². The van der Waals surface area contributed by atoms with E-state index in [9.17, 15) is 24.0 Å². The Hall–Kier alpha value is -2.45. The average molecular weight is 475 g/mol. The second-order valence-corrected chi connectivity index (χ2v) is 11.7. The molecule has 5 atom stereocenters. The number of primary amides is 1. The summed E-state index contributed by atoms with van der Waals surface area (Å²) in [6, 6.07) is -2.33. The highest BCUT2D eigenvalue weighted by Crippen LogP contribution is 2.65. The second-order valence-electron chi connectivity index (χ2n) is 11.7. The molecule has 0 radical (unpaired) electrons. The van der Waals surface area contributed by atoms with Crippen LogP contribution in [0, 0.1) is 35.0 Å². The van der Waals surface area contributed by atoms with E-state index in [1.165, 1.54) is 0 Å². The van der Waals surface area contributed by atoms with Crippen molar-refractivity contribution in [1.29, 1.82) is 0 Å². The number of hydrogen-bond acceptors (Lipinski definition) is 5. The van der Waals surface area contributed by atoms with Crippen LogP contribution < -0.4 is 16.4 Å². The lowest BCUT2D eigenvalue weighted by atomic mass is 9.78. The van der Waals surface area contributed by atoms with Gasteiger partial charge in [-0.1, -0.05) is 47.0 Å². The third-order valence-electron chi connectivity index (χ3n) is 8.61. The molecule has 3 saturated carbocycles. The molecule has 0 aromatic heterocycles. The monoisotopic (exact) mass is 474 g/mol. The SMILES string of the molecule is CC(C)C(=O)N[C@H](C(=O)N1CC2C(C1C(=O)NC(CC1CC1)C(=O)C(N)=O)C2(C)C)C1CCC1. The van der Waals surface area contributed by atoms with E-state index in [4.69, 9.17) is 5.73 Å². The van der Waals surface area contributed by atoms with Gasteiger partial charge in [0.25, 0.3) is 5.91 Å². The summed E-state index contributed by atoms with van der Waals surface area (Å²) in [6.07, 6.45) is 5.07. The fraction of sp³-hybridized carbons (Fsp3) is 0.800. The third-order valence-corrected chi connectivity index (χ3v) is 8.61. The summed E-state index contributed by atoms with van der Waals surface area (Å²) in [4.78, 5) is 65.3. The van der Waals surface area contributed by atoms with Gasteiger partial charge in [-0.2, -0.15) is 0 Å². The van der Waals surface area contributed by atoms with Gasteiger partial charge in [0.05, 0.1) is 6.04 Å². The van der Waals surface area contributed by atoms with Crippen LogP contribution in [0.2, 0.25) is 0 Å². The zero-order chi connectivity index (χ0) is 24.9. The van der Waals surface area contributed by atoms with E-state index in [0.29, 0.717) is 18.9 Å². The van der Waals surface area contributed by atoms with Crippen molar-refractivity contribution < 1.29 is 24.0 Å². The predicted octanol–water partition coefficient (Wildman–Crippen LogP) is 0.750. The summed E-state index contributed by atoms with van der Waals surface area (Å²) < 4.78 is 0. The first-order chi connectivity index (χ1) is 15.9.